The maximum atomic E-state index is 12.8. The van der Waals surface area contributed by atoms with E-state index in [0.29, 0.717) is 6.07 Å². The largest absolute Gasteiger partial charge is 0.507 e. The van der Waals surface area contributed by atoms with Crippen LogP contribution in [0.15, 0.2) is 18.2 Å². The predicted molar refractivity (Wildman–Crippen MR) is 86.6 cm³/mol. The average molecular weight is 397 g/mol. The van der Waals surface area contributed by atoms with Gasteiger partial charge < -0.3 is 21.3 Å². The Kier molecular flexibility index (Phi) is 7.57. The molecule has 6 N–H and O–H groups in total. The number of amides is 1. The summed E-state index contributed by atoms with van der Waals surface area (Å²) in [5, 5.41) is 20.7. The fraction of sp³-hybridized carbons (Fsp3) is 0.467. The minimum Gasteiger partial charge on any atom is -0.507 e. The molecule has 1 aromatic carbocycles. The number of nitrogens with one attached hydrogen (secondary N) is 1. The molecule has 1 rings (SSSR count). The number of hydrogen-bond acceptors (Lipinski definition) is 4. The molecule has 0 aliphatic heterocycles. The number of alkyl halides is 3. The molecule has 7 nitrogen and oxygen atoms in total. The van der Waals surface area contributed by atoms with Gasteiger partial charge >= 0.3 is 12.1 Å². The number of halogens is 3. The van der Waals surface area contributed by atoms with Crippen molar-refractivity contribution in [3.05, 3.63) is 29.3 Å². The first-order valence-corrected chi connectivity index (χ1v) is 9.20. The van der Waals surface area contributed by atoms with Crippen molar-refractivity contribution in [3.63, 3.8) is 0 Å². The van der Waals surface area contributed by atoms with Gasteiger partial charge in [-0.2, -0.15) is 13.2 Å². The summed E-state index contributed by atoms with van der Waals surface area (Å²) in [6, 6.07) is 0.295. The second-order valence-electron chi connectivity index (χ2n) is 5.72. The van der Waals surface area contributed by atoms with Crippen molar-refractivity contribution >= 4 is 22.7 Å². The number of carboxylic acid groups (broad SMARTS) is 1. The fourth-order valence-corrected chi connectivity index (χ4v) is 2.72. The van der Waals surface area contributed by atoms with Gasteiger partial charge in [0.15, 0.2) is 6.04 Å². The minimum absolute atomic E-state index is 0.0156. The fourth-order valence-electron chi connectivity index (χ4n) is 2.10. The van der Waals surface area contributed by atoms with E-state index in [-0.39, 0.29) is 17.7 Å². The van der Waals surface area contributed by atoms with Crippen LogP contribution in [0.1, 0.15) is 17.5 Å². The number of phenolic OH excluding ortho intramolecular Hbond substituents is 1. The van der Waals surface area contributed by atoms with Gasteiger partial charge in [-0.25, -0.2) is 4.79 Å². The molecule has 26 heavy (non-hydrogen) atoms. The molecule has 0 heterocycles. The Hall–Kier alpha value is -2.14. The number of phenols is 1. The average Bonchev–Trinajstić information content (AvgIpc) is 2.52. The number of carboxylic acids is 1. The van der Waals surface area contributed by atoms with Crippen LogP contribution in [0.4, 0.5) is 13.2 Å². The van der Waals surface area contributed by atoms with E-state index in [0.717, 1.165) is 12.1 Å². The second kappa shape index (κ2) is 8.99. The van der Waals surface area contributed by atoms with Crippen molar-refractivity contribution in [2.75, 3.05) is 12.0 Å². The second-order valence-corrected chi connectivity index (χ2v) is 7.27. The molecule has 1 unspecified atom stereocenters. The third kappa shape index (κ3) is 6.64. The summed E-state index contributed by atoms with van der Waals surface area (Å²) in [5.74, 6) is -2.88. The number of rotatable bonds is 8. The van der Waals surface area contributed by atoms with E-state index >= 15 is 0 Å². The quantitative estimate of drug-likeness (QED) is 0.487. The minimum atomic E-state index is -4.80. The molecule has 11 heteroatoms. The maximum Gasteiger partial charge on any atom is 0.419 e. The van der Waals surface area contributed by atoms with Crippen molar-refractivity contribution < 1.29 is 42.9 Å². The number of aliphatic carboxylic acids is 1. The number of carbonyl (C=O) groups is 2. The smallest absolute Gasteiger partial charge is 0.419 e. The zero-order chi connectivity index (χ0) is 20.1. The monoisotopic (exact) mass is 397 g/mol. The highest BCUT2D eigenvalue weighted by molar-refractivity contribution is 7.84. The zero-order valence-electron chi connectivity index (χ0n) is 13.9. The van der Waals surface area contributed by atoms with Crippen molar-refractivity contribution in [3.8, 4) is 5.75 Å². The SMILES string of the molecule is CS(=O)CC[C@H]([NH3+])C(=O)N[C@@H](Cc1ccc(O)c(C(F)(F)F)c1)C(=O)O. The normalized spacial score (nSPS) is 15.1. The third-order valence-corrected chi connectivity index (χ3v) is 4.36. The summed E-state index contributed by atoms with van der Waals surface area (Å²) in [6.07, 6.45) is -3.57. The van der Waals surface area contributed by atoms with E-state index in [4.69, 9.17) is 0 Å². The number of hydrogen-bond donors (Lipinski definition) is 4. The van der Waals surface area contributed by atoms with Crippen LogP contribution in [0.2, 0.25) is 0 Å². The van der Waals surface area contributed by atoms with Crippen LogP contribution in [-0.4, -0.2) is 50.4 Å². The lowest BCUT2D eigenvalue weighted by Gasteiger charge is -2.17. The molecule has 0 radical (unpaired) electrons. The summed E-state index contributed by atoms with van der Waals surface area (Å²) in [6.45, 7) is 0. The molecule has 146 valence electrons. The molecule has 0 aliphatic carbocycles. The Labute approximate surface area is 149 Å². The molecule has 1 amide bonds. The van der Waals surface area contributed by atoms with E-state index in [1.807, 2.05) is 0 Å². The van der Waals surface area contributed by atoms with Gasteiger partial charge in [0.1, 0.15) is 11.8 Å². The number of quaternary nitrogens is 1. The number of carbonyl (C=O) groups excluding carboxylic acids is 1. The lowest BCUT2D eigenvalue weighted by molar-refractivity contribution is -0.404. The van der Waals surface area contributed by atoms with Crippen LogP contribution in [0.25, 0.3) is 0 Å². The van der Waals surface area contributed by atoms with Crippen molar-refractivity contribution in [1.82, 2.24) is 5.32 Å². The Balaban J connectivity index is 2.88. The van der Waals surface area contributed by atoms with Crippen molar-refractivity contribution in [1.29, 1.82) is 0 Å². The molecular formula is C15H20F3N2O5S+. The van der Waals surface area contributed by atoms with Gasteiger partial charge in [0.05, 0.1) is 5.56 Å². The first-order valence-electron chi connectivity index (χ1n) is 7.47. The molecule has 0 bridgehead atoms. The molecule has 0 spiro atoms. The van der Waals surface area contributed by atoms with Gasteiger partial charge in [0, 0.05) is 35.6 Å². The number of aromatic hydroxyl groups is 1. The molecule has 3 atom stereocenters. The van der Waals surface area contributed by atoms with Crippen LogP contribution in [0.3, 0.4) is 0 Å². The molecule has 0 aliphatic rings. The highest BCUT2D eigenvalue weighted by Gasteiger charge is 2.34. The zero-order valence-corrected chi connectivity index (χ0v) is 14.7. The van der Waals surface area contributed by atoms with Crippen LogP contribution >= 0.6 is 0 Å². The summed E-state index contributed by atoms with van der Waals surface area (Å²) < 4.78 is 49.5. The summed E-state index contributed by atoms with van der Waals surface area (Å²) in [4.78, 5) is 23.3. The van der Waals surface area contributed by atoms with Crippen molar-refractivity contribution in [2.45, 2.75) is 31.1 Å². The lowest BCUT2D eigenvalue weighted by Crippen LogP contribution is -2.69. The Morgan fingerprint density at radius 2 is 1.96 bits per heavy atom. The summed E-state index contributed by atoms with van der Waals surface area (Å²) in [7, 11) is -1.14. The predicted octanol–water partition coefficient (Wildman–Crippen LogP) is -0.0980. The van der Waals surface area contributed by atoms with Gasteiger partial charge in [-0.1, -0.05) is 6.07 Å². The highest BCUT2D eigenvalue weighted by atomic mass is 32.2. The van der Waals surface area contributed by atoms with E-state index in [1.54, 1.807) is 0 Å². The van der Waals surface area contributed by atoms with E-state index in [9.17, 15) is 37.2 Å². The topological polar surface area (TPSA) is 131 Å². The highest BCUT2D eigenvalue weighted by Crippen LogP contribution is 2.36. The van der Waals surface area contributed by atoms with Gasteiger partial charge in [-0.3, -0.25) is 9.00 Å². The Bertz CT molecular complexity index is 696. The molecule has 0 saturated heterocycles. The van der Waals surface area contributed by atoms with Gasteiger partial charge in [-0.05, 0) is 17.7 Å². The lowest BCUT2D eigenvalue weighted by atomic mass is 10.0. The van der Waals surface area contributed by atoms with Crippen molar-refractivity contribution in [2.24, 2.45) is 0 Å². The van der Waals surface area contributed by atoms with Gasteiger partial charge in [0.25, 0.3) is 5.91 Å². The van der Waals surface area contributed by atoms with Gasteiger partial charge in [0.2, 0.25) is 0 Å². The maximum absolute atomic E-state index is 12.8. The summed E-state index contributed by atoms with van der Waals surface area (Å²) in [5.41, 5.74) is 2.26. The van der Waals surface area contributed by atoms with Crippen LogP contribution in [0.5, 0.6) is 5.75 Å². The standard InChI is InChI=1S/C15H19F3N2O5S/c1-26(25)5-4-10(19)13(22)20-11(14(23)24)7-8-2-3-12(21)9(6-8)15(16,17)18/h2-3,6,10-11,21H,4-5,7,19H2,1H3,(H,20,22)(H,23,24)/p+1/t10-,11-,26?/m0/s1. The molecule has 1 aromatic rings. The summed E-state index contributed by atoms with van der Waals surface area (Å²) >= 11 is 0. The van der Waals surface area contributed by atoms with Gasteiger partial charge in [-0.15, -0.1) is 0 Å². The Morgan fingerprint density at radius 3 is 2.46 bits per heavy atom. The molecule has 0 aromatic heterocycles. The molecular weight excluding hydrogens is 377 g/mol. The van der Waals surface area contributed by atoms with E-state index < -0.39 is 58.7 Å². The molecule has 0 fully saturated rings. The number of benzene rings is 1. The van der Waals surface area contributed by atoms with E-state index in [1.165, 1.54) is 6.26 Å². The van der Waals surface area contributed by atoms with Crippen LogP contribution in [-0.2, 0) is 33.0 Å². The van der Waals surface area contributed by atoms with E-state index in [2.05, 4.69) is 11.1 Å². The third-order valence-electron chi connectivity index (χ3n) is 3.55. The van der Waals surface area contributed by atoms with Crippen LogP contribution < -0.4 is 11.1 Å². The molecule has 0 saturated carbocycles. The first kappa shape index (κ1) is 21.9. The first-order chi connectivity index (χ1) is 11.9. The van der Waals surface area contributed by atoms with Crippen LogP contribution in [0, 0.1) is 0 Å². The Morgan fingerprint density at radius 1 is 1.35 bits per heavy atom.